The van der Waals surface area contributed by atoms with Gasteiger partial charge in [-0.05, 0) is 20.3 Å². The van der Waals surface area contributed by atoms with Crippen molar-refractivity contribution in [3.63, 3.8) is 0 Å². The quantitative estimate of drug-likeness (QED) is 0.816. The Morgan fingerprint density at radius 1 is 1.42 bits per heavy atom. The largest absolute Gasteiger partial charge is 0.347 e. The van der Waals surface area contributed by atoms with Crippen LogP contribution in [0.3, 0.4) is 0 Å². The van der Waals surface area contributed by atoms with Crippen LogP contribution >= 0.6 is 11.8 Å². The van der Waals surface area contributed by atoms with Gasteiger partial charge < -0.3 is 9.84 Å². The number of carbonyl (C=O) groups excluding carboxylic acids is 1. The summed E-state index contributed by atoms with van der Waals surface area (Å²) >= 11 is 1.44. The minimum Gasteiger partial charge on any atom is -0.347 e. The highest BCUT2D eigenvalue weighted by Crippen LogP contribution is 2.26. The molecule has 128 valence electrons. The van der Waals surface area contributed by atoms with Crippen LogP contribution in [-0.2, 0) is 24.3 Å². The predicted octanol–water partition coefficient (Wildman–Crippen LogP) is 0.844. The molecule has 0 saturated carbocycles. The lowest BCUT2D eigenvalue weighted by Crippen LogP contribution is -2.40. The normalized spacial score (nSPS) is 16.7. The van der Waals surface area contributed by atoms with Crippen molar-refractivity contribution < 1.29 is 9.32 Å². The Bertz CT molecular complexity index is 829. The summed E-state index contributed by atoms with van der Waals surface area (Å²) in [5.74, 6) is 1.06. The van der Waals surface area contributed by atoms with Crippen LogP contribution in [0, 0.1) is 19.8 Å². The van der Waals surface area contributed by atoms with E-state index in [0.29, 0.717) is 41.2 Å². The Morgan fingerprint density at radius 2 is 2.21 bits per heavy atom. The third-order valence-corrected chi connectivity index (χ3v) is 5.10. The van der Waals surface area contributed by atoms with Crippen LogP contribution in [0.4, 0.5) is 0 Å². The third kappa shape index (κ3) is 3.21. The molecule has 2 aromatic heterocycles. The second-order valence-corrected chi connectivity index (χ2v) is 6.68. The molecule has 3 heterocycles. The Balaban J connectivity index is 1.72. The van der Waals surface area contributed by atoms with Gasteiger partial charge in [-0.15, -0.1) is 0 Å². The maximum atomic E-state index is 12.6. The topological polar surface area (TPSA) is 103 Å². The minimum absolute atomic E-state index is 0.0440. The van der Waals surface area contributed by atoms with Crippen molar-refractivity contribution in [2.24, 2.45) is 5.92 Å². The van der Waals surface area contributed by atoms with Gasteiger partial charge in [-0.3, -0.25) is 14.2 Å². The molecule has 3 rings (SSSR count). The fraction of sp³-hybridized carbons (Fsp3) is 0.533. The second-order valence-electron chi connectivity index (χ2n) is 5.69. The van der Waals surface area contributed by atoms with E-state index in [9.17, 15) is 9.59 Å². The average molecular weight is 349 g/mol. The van der Waals surface area contributed by atoms with Crippen LogP contribution in [0.15, 0.2) is 14.5 Å². The van der Waals surface area contributed by atoms with E-state index < -0.39 is 0 Å². The lowest BCUT2D eigenvalue weighted by Gasteiger charge is -2.25. The van der Waals surface area contributed by atoms with Gasteiger partial charge >= 0.3 is 0 Å². The third-order valence-electron chi connectivity index (χ3n) is 3.96. The molecule has 1 aliphatic heterocycles. The molecule has 1 amide bonds. The zero-order valence-electron chi connectivity index (χ0n) is 13.8. The molecular formula is C15H19N5O3S. The van der Waals surface area contributed by atoms with Crippen molar-refractivity contribution in [2.75, 3.05) is 5.75 Å². The van der Waals surface area contributed by atoms with Crippen molar-refractivity contribution in [3.8, 4) is 0 Å². The SMILES string of the molecule is CCc1c(C)nc2n(c1=O)CC(C(=O)NCc1nc(C)no1)CS2. The highest BCUT2D eigenvalue weighted by Gasteiger charge is 2.28. The van der Waals surface area contributed by atoms with Gasteiger partial charge in [0.1, 0.15) is 0 Å². The number of rotatable bonds is 4. The Kier molecular flexibility index (Phi) is 4.70. The van der Waals surface area contributed by atoms with Crippen LogP contribution in [0.25, 0.3) is 0 Å². The number of nitrogens with one attached hydrogen (secondary N) is 1. The van der Waals surface area contributed by atoms with Crippen LogP contribution in [0.1, 0.15) is 29.9 Å². The maximum Gasteiger partial charge on any atom is 0.257 e. The monoisotopic (exact) mass is 349 g/mol. The van der Waals surface area contributed by atoms with Crippen LogP contribution in [0.2, 0.25) is 0 Å². The highest BCUT2D eigenvalue weighted by molar-refractivity contribution is 7.99. The summed E-state index contributed by atoms with van der Waals surface area (Å²) in [6.07, 6.45) is 0.635. The molecule has 2 aromatic rings. The molecular weight excluding hydrogens is 330 g/mol. The Morgan fingerprint density at radius 3 is 2.88 bits per heavy atom. The summed E-state index contributed by atoms with van der Waals surface area (Å²) in [6.45, 7) is 6.04. The number of hydrogen-bond acceptors (Lipinski definition) is 7. The Labute approximate surface area is 143 Å². The molecule has 0 aliphatic carbocycles. The Hall–Kier alpha value is -2.16. The molecule has 1 N–H and O–H groups in total. The summed E-state index contributed by atoms with van der Waals surface area (Å²) in [6, 6.07) is 0. The van der Waals surface area contributed by atoms with Crippen molar-refractivity contribution in [2.45, 2.75) is 45.4 Å². The smallest absolute Gasteiger partial charge is 0.257 e. The summed E-state index contributed by atoms with van der Waals surface area (Å²) in [7, 11) is 0. The van der Waals surface area contributed by atoms with Gasteiger partial charge in [0.15, 0.2) is 11.0 Å². The first-order valence-electron chi connectivity index (χ1n) is 7.79. The summed E-state index contributed by atoms with van der Waals surface area (Å²) in [5.41, 5.74) is 1.44. The first kappa shape index (κ1) is 16.7. The second kappa shape index (κ2) is 6.76. The van der Waals surface area contributed by atoms with Crippen molar-refractivity contribution in [3.05, 3.63) is 33.3 Å². The highest BCUT2D eigenvalue weighted by atomic mass is 32.2. The first-order valence-corrected chi connectivity index (χ1v) is 8.78. The summed E-state index contributed by atoms with van der Waals surface area (Å²) in [5, 5.41) is 7.15. The number of aryl methyl sites for hydroxylation is 2. The van der Waals surface area contributed by atoms with E-state index in [1.54, 1.807) is 11.5 Å². The van der Waals surface area contributed by atoms with Crippen molar-refractivity contribution >= 4 is 17.7 Å². The fourth-order valence-electron chi connectivity index (χ4n) is 2.68. The molecule has 9 heteroatoms. The number of nitrogens with zero attached hydrogens (tertiary/aromatic N) is 4. The van der Waals surface area contributed by atoms with Crippen LogP contribution < -0.4 is 10.9 Å². The standard InChI is InChI=1S/C15H19N5O3S/c1-4-11-8(2)17-15-20(14(11)22)6-10(7-24-15)13(21)16-5-12-18-9(3)19-23-12/h10H,4-7H2,1-3H3,(H,16,21). The molecule has 0 fully saturated rings. The number of aromatic nitrogens is 4. The molecule has 0 radical (unpaired) electrons. The molecule has 0 aromatic carbocycles. The fourth-order valence-corrected chi connectivity index (χ4v) is 3.80. The van der Waals surface area contributed by atoms with Gasteiger partial charge in [-0.2, -0.15) is 4.98 Å². The van der Waals surface area contributed by atoms with Crippen molar-refractivity contribution in [1.29, 1.82) is 0 Å². The summed E-state index contributed by atoms with van der Waals surface area (Å²) < 4.78 is 6.59. The van der Waals surface area contributed by atoms with E-state index in [2.05, 4.69) is 20.4 Å². The zero-order valence-corrected chi connectivity index (χ0v) is 14.6. The van der Waals surface area contributed by atoms with E-state index in [1.165, 1.54) is 11.8 Å². The predicted molar refractivity (Wildman–Crippen MR) is 87.7 cm³/mol. The number of thioether (sulfide) groups is 1. The van der Waals surface area contributed by atoms with Gasteiger partial charge in [0.2, 0.25) is 11.8 Å². The number of hydrogen-bond donors (Lipinski definition) is 1. The van der Waals surface area contributed by atoms with Crippen LogP contribution in [0.5, 0.6) is 0 Å². The average Bonchev–Trinajstić information content (AvgIpc) is 2.98. The molecule has 0 spiro atoms. The van der Waals surface area contributed by atoms with Gasteiger partial charge in [0, 0.05) is 23.6 Å². The lowest BCUT2D eigenvalue weighted by atomic mass is 10.1. The van der Waals surface area contributed by atoms with Crippen LogP contribution in [-0.4, -0.2) is 31.4 Å². The van der Waals surface area contributed by atoms with Crippen molar-refractivity contribution in [1.82, 2.24) is 25.0 Å². The number of amides is 1. The van der Waals surface area contributed by atoms with E-state index in [0.717, 1.165) is 5.69 Å². The van der Waals surface area contributed by atoms with Gasteiger partial charge in [-0.25, -0.2) is 4.98 Å². The molecule has 1 unspecified atom stereocenters. The van der Waals surface area contributed by atoms with E-state index in [-0.39, 0.29) is 23.9 Å². The molecule has 1 atom stereocenters. The van der Waals surface area contributed by atoms with Gasteiger partial charge in [0.05, 0.1) is 12.5 Å². The molecule has 0 saturated heterocycles. The molecule has 8 nitrogen and oxygen atoms in total. The molecule has 1 aliphatic rings. The van der Waals surface area contributed by atoms with Gasteiger partial charge in [-0.1, -0.05) is 23.8 Å². The van der Waals surface area contributed by atoms with E-state index in [4.69, 9.17) is 4.52 Å². The van der Waals surface area contributed by atoms with E-state index in [1.807, 2.05) is 13.8 Å². The van der Waals surface area contributed by atoms with Gasteiger partial charge in [0.25, 0.3) is 5.56 Å². The van der Waals surface area contributed by atoms with E-state index >= 15 is 0 Å². The lowest BCUT2D eigenvalue weighted by molar-refractivity contribution is -0.125. The number of carbonyl (C=O) groups is 1. The maximum absolute atomic E-state index is 12.6. The molecule has 0 bridgehead atoms. The number of fused-ring (bicyclic) bond motifs is 1. The first-order chi connectivity index (χ1) is 11.5. The minimum atomic E-state index is -0.293. The molecule has 24 heavy (non-hydrogen) atoms. The summed E-state index contributed by atoms with van der Waals surface area (Å²) in [4.78, 5) is 33.5. The zero-order chi connectivity index (χ0) is 17.3.